The van der Waals surface area contributed by atoms with Gasteiger partial charge in [0, 0.05) is 49.5 Å². The first-order valence-corrected chi connectivity index (χ1v) is 12.2. The van der Waals surface area contributed by atoms with Crippen LogP contribution < -0.4 is 5.32 Å². The van der Waals surface area contributed by atoms with E-state index in [4.69, 9.17) is 17.0 Å². The summed E-state index contributed by atoms with van der Waals surface area (Å²) in [4.78, 5) is 9.37. The zero-order valence-electron chi connectivity index (χ0n) is 19.6. The molecule has 0 radical (unpaired) electrons. The van der Waals surface area contributed by atoms with E-state index in [0.717, 1.165) is 67.3 Å². The standard InChI is InChI=1S/C26H30FN5OS/c1-18-16-22(19(2)32(18)21-7-5-6-20(27)17-21)25-24(23-8-3-4-9-28-23)29-26(34)31(25)11-10-30-12-14-33-15-13-30/h3-9,16-17,24-25H,10-15H2,1-2H3,(H,29,34)/t24-,25-/m1/s1. The highest BCUT2D eigenvalue weighted by atomic mass is 32.1. The number of nitrogens with zero attached hydrogens (tertiary/aromatic N) is 4. The van der Waals surface area contributed by atoms with Crippen LogP contribution in [0.15, 0.2) is 54.7 Å². The fourth-order valence-electron chi connectivity index (χ4n) is 5.16. The Hall–Kier alpha value is -2.81. The molecule has 2 aromatic heterocycles. The van der Waals surface area contributed by atoms with Gasteiger partial charge in [-0.05, 0) is 68.0 Å². The minimum Gasteiger partial charge on any atom is -0.379 e. The van der Waals surface area contributed by atoms with E-state index in [1.807, 2.05) is 30.5 Å². The second-order valence-electron chi connectivity index (χ2n) is 8.92. The third kappa shape index (κ3) is 4.45. The van der Waals surface area contributed by atoms with Gasteiger partial charge in [-0.1, -0.05) is 12.1 Å². The molecule has 1 N–H and O–H groups in total. The Kier molecular flexibility index (Phi) is 6.63. The van der Waals surface area contributed by atoms with Crippen LogP contribution in [0.4, 0.5) is 4.39 Å². The van der Waals surface area contributed by atoms with E-state index in [1.54, 1.807) is 12.1 Å². The molecule has 0 unspecified atom stereocenters. The number of nitrogens with one attached hydrogen (secondary N) is 1. The molecule has 0 saturated carbocycles. The van der Waals surface area contributed by atoms with Crippen molar-refractivity contribution >= 4 is 17.3 Å². The summed E-state index contributed by atoms with van der Waals surface area (Å²) in [5, 5.41) is 4.28. The van der Waals surface area contributed by atoms with E-state index in [2.05, 4.69) is 44.6 Å². The van der Waals surface area contributed by atoms with Gasteiger partial charge in [0.05, 0.1) is 31.0 Å². The summed E-state index contributed by atoms with van der Waals surface area (Å²) in [7, 11) is 0. The Labute approximate surface area is 205 Å². The quantitative estimate of drug-likeness (QED) is 0.541. The average Bonchev–Trinajstić information content (AvgIpc) is 3.33. The van der Waals surface area contributed by atoms with Crippen molar-refractivity contribution in [3.63, 3.8) is 0 Å². The number of aryl methyl sites for hydroxylation is 1. The van der Waals surface area contributed by atoms with E-state index in [1.165, 1.54) is 11.6 Å². The molecule has 2 saturated heterocycles. The molecule has 6 nitrogen and oxygen atoms in total. The Bertz CT molecular complexity index is 1160. The fraction of sp³-hybridized carbons (Fsp3) is 0.385. The third-order valence-electron chi connectivity index (χ3n) is 6.81. The maximum absolute atomic E-state index is 14.0. The van der Waals surface area contributed by atoms with E-state index in [0.29, 0.717) is 0 Å². The number of hydrogen-bond acceptors (Lipinski definition) is 4. The highest BCUT2D eigenvalue weighted by Crippen LogP contribution is 2.41. The number of aromatic nitrogens is 2. The van der Waals surface area contributed by atoms with Gasteiger partial charge in [0.2, 0.25) is 0 Å². The van der Waals surface area contributed by atoms with Gasteiger partial charge in [0.1, 0.15) is 5.82 Å². The number of halogens is 1. The minimum atomic E-state index is -0.242. The van der Waals surface area contributed by atoms with Crippen molar-refractivity contribution < 1.29 is 9.13 Å². The highest BCUT2D eigenvalue weighted by molar-refractivity contribution is 7.80. The molecule has 178 valence electrons. The largest absolute Gasteiger partial charge is 0.379 e. The maximum Gasteiger partial charge on any atom is 0.170 e. The fourth-order valence-corrected chi connectivity index (χ4v) is 5.49. The van der Waals surface area contributed by atoms with Crippen molar-refractivity contribution in [1.82, 2.24) is 24.7 Å². The van der Waals surface area contributed by atoms with Gasteiger partial charge in [0.25, 0.3) is 0 Å². The van der Waals surface area contributed by atoms with Crippen LogP contribution in [0.1, 0.15) is 34.7 Å². The van der Waals surface area contributed by atoms with E-state index in [9.17, 15) is 4.39 Å². The summed E-state index contributed by atoms with van der Waals surface area (Å²) in [5.41, 5.74) is 5.09. The van der Waals surface area contributed by atoms with Crippen LogP contribution in [0.5, 0.6) is 0 Å². The third-order valence-corrected chi connectivity index (χ3v) is 7.17. The van der Waals surface area contributed by atoms with Crippen LogP contribution in [-0.2, 0) is 4.74 Å². The molecule has 4 heterocycles. The number of benzene rings is 1. The first-order chi connectivity index (χ1) is 16.5. The van der Waals surface area contributed by atoms with Crippen LogP contribution in [0, 0.1) is 19.7 Å². The molecular formula is C26H30FN5OS. The summed E-state index contributed by atoms with van der Waals surface area (Å²) < 4.78 is 21.7. The molecule has 2 atom stereocenters. The molecule has 0 aliphatic carbocycles. The number of hydrogen-bond donors (Lipinski definition) is 1. The average molecular weight is 480 g/mol. The molecule has 34 heavy (non-hydrogen) atoms. The molecule has 2 fully saturated rings. The van der Waals surface area contributed by atoms with Crippen LogP contribution in [0.3, 0.4) is 0 Å². The summed E-state index contributed by atoms with van der Waals surface area (Å²) >= 11 is 5.84. The minimum absolute atomic E-state index is 0.0167. The summed E-state index contributed by atoms with van der Waals surface area (Å²) in [6, 6.07) is 14.8. The van der Waals surface area contributed by atoms with Crippen molar-refractivity contribution in [2.24, 2.45) is 0 Å². The second-order valence-corrected chi connectivity index (χ2v) is 9.30. The number of ether oxygens (including phenoxy) is 1. The molecule has 2 aliphatic heterocycles. The number of morpholine rings is 1. The molecule has 1 aromatic carbocycles. The topological polar surface area (TPSA) is 45.6 Å². The van der Waals surface area contributed by atoms with Gasteiger partial charge >= 0.3 is 0 Å². The normalized spacial score (nSPS) is 21.1. The summed E-state index contributed by atoms with van der Waals surface area (Å²) in [6.07, 6.45) is 1.82. The molecule has 5 rings (SSSR count). The van der Waals surface area contributed by atoms with Crippen molar-refractivity contribution in [2.45, 2.75) is 25.9 Å². The summed E-state index contributed by atoms with van der Waals surface area (Å²) in [6.45, 7) is 9.32. The Morgan fingerprint density at radius 2 is 1.91 bits per heavy atom. The number of pyridine rings is 1. The molecule has 3 aromatic rings. The Morgan fingerprint density at radius 1 is 1.09 bits per heavy atom. The van der Waals surface area contributed by atoms with E-state index in [-0.39, 0.29) is 17.9 Å². The SMILES string of the molecule is Cc1cc([C@@H]2[C@@H](c3ccccn3)NC(=S)N2CCN2CCOCC2)c(C)n1-c1cccc(F)c1. The lowest BCUT2D eigenvalue weighted by atomic mass is 9.96. The first kappa shape index (κ1) is 23.0. The van der Waals surface area contributed by atoms with Gasteiger partial charge < -0.3 is 19.5 Å². The molecule has 0 amide bonds. The molecular weight excluding hydrogens is 449 g/mol. The lowest BCUT2D eigenvalue weighted by Gasteiger charge is -2.32. The zero-order chi connectivity index (χ0) is 23.7. The molecule has 0 spiro atoms. The summed E-state index contributed by atoms with van der Waals surface area (Å²) in [5.74, 6) is -0.242. The van der Waals surface area contributed by atoms with E-state index < -0.39 is 0 Å². The van der Waals surface area contributed by atoms with Crippen LogP contribution in [0.25, 0.3) is 5.69 Å². The van der Waals surface area contributed by atoms with Crippen molar-refractivity contribution in [3.05, 3.63) is 83.2 Å². The van der Waals surface area contributed by atoms with Gasteiger partial charge in [-0.2, -0.15) is 0 Å². The molecule has 2 aliphatic rings. The molecule has 8 heteroatoms. The zero-order valence-corrected chi connectivity index (χ0v) is 20.4. The van der Waals surface area contributed by atoms with E-state index >= 15 is 0 Å². The smallest absolute Gasteiger partial charge is 0.170 e. The Balaban J connectivity index is 1.52. The number of thiocarbonyl (C=S) groups is 1. The van der Waals surface area contributed by atoms with Crippen molar-refractivity contribution in [3.8, 4) is 5.69 Å². The Morgan fingerprint density at radius 3 is 2.65 bits per heavy atom. The lowest BCUT2D eigenvalue weighted by molar-refractivity contribution is 0.0350. The highest BCUT2D eigenvalue weighted by Gasteiger charge is 2.41. The monoisotopic (exact) mass is 479 g/mol. The molecule has 0 bridgehead atoms. The van der Waals surface area contributed by atoms with Gasteiger partial charge in [0.15, 0.2) is 5.11 Å². The maximum atomic E-state index is 14.0. The first-order valence-electron chi connectivity index (χ1n) is 11.8. The van der Waals surface area contributed by atoms with Crippen LogP contribution in [-0.4, -0.2) is 63.9 Å². The number of rotatable bonds is 6. The van der Waals surface area contributed by atoms with Gasteiger partial charge in [-0.3, -0.25) is 9.88 Å². The van der Waals surface area contributed by atoms with Gasteiger partial charge in [-0.15, -0.1) is 0 Å². The van der Waals surface area contributed by atoms with Crippen LogP contribution >= 0.6 is 12.2 Å². The van der Waals surface area contributed by atoms with Crippen molar-refractivity contribution in [1.29, 1.82) is 0 Å². The van der Waals surface area contributed by atoms with Gasteiger partial charge in [-0.25, -0.2) is 4.39 Å². The predicted octanol–water partition coefficient (Wildman–Crippen LogP) is 3.93. The predicted molar refractivity (Wildman–Crippen MR) is 135 cm³/mol. The van der Waals surface area contributed by atoms with Crippen LogP contribution in [0.2, 0.25) is 0 Å². The lowest BCUT2D eigenvalue weighted by Crippen LogP contribution is -2.42. The van der Waals surface area contributed by atoms with Crippen molar-refractivity contribution in [2.75, 3.05) is 39.4 Å². The second kappa shape index (κ2) is 9.82.